The number of sulfonamides is 1. The standard InChI is InChI=1S/C15H21N3O2S/c1-11-8-6-7-9-12(11)17-21(19,20)13-10-18(5)16-14(13)15(2,3)4/h6-10,17H,1-5H3. The molecule has 6 heteroatoms. The van der Waals surface area contributed by atoms with Gasteiger partial charge in [0, 0.05) is 18.7 Å². The molecule has 0 aliphatic rings. The molecule has 1 N–H and O–H groups in total. The van der Waals surface area contributed by atoms with Gasteiger partial charge in [-0.3, -0.25) is 9.40 Å². The van der Waals surface area contributed by atoms with E-state index >= 15 is 0 Å². The van der Waals surface area contributed by atoms with Crippen molar-refractivity contribution in [3.05, 3.63) is 41.7 Å². The van der Waals surface area contributed by atoms with Gasteiger partial charge in [0.05, 0.1) is 11.4 Å². The highest BCUT2D eigenvalue weighted by molar-refractivity contribution is 7.92. The number of hydrogen-bond acceptors (Lipinski definition) is 3. The molecule has 0 fully saturated rings. The number of rotatable bonds is 3. The van der Waals surface area contributed by atoms with Crippen LogP contribution in [0, 0.1) is 6.92 Å². The second kappa shape index (κ2) is 5.18. The zero-order chi connectivity index (χ0) is 15.8. The number of benzene rings is 1. The number of para-hydroxylation sites is 1. The van der Waals surface area contributed by atoms with E-state index in [2.05, 4.69) is 9.82 Å². The van der Waals surface area contributed by atoms with Crippen molar-refractivity contribution in [3.63, 3.8) is 0 Å². The molecule has 0 bridgehead atoms. The molecular weight excluding hydrogens is 286 g/mol. The zero-order valence-corrected chi connectivity index (χ0v) is 13.8. The molecule has 2 aromatic rings. The minimum Gasteiger partial charge on any atom is -0.279 e. The van der Waals surface area contributed by atoms with Crippen molar-refractivity contribution >= 4 is 15.7 Å². The lowest BCUT2D eigenvalue weighted by molar-refractivity contribution is 0.539. The summed E-state index contributed by atoms with van der Waals surface area (Å²) in [4.78, 5) is 0.223. The van der Waals surface area contributed by atoms with Gasteiger partial charge in [-0.25, -0.2) is 8.42 Å². The third-order valence-electron chi connectivity index (χ3n) is 3.18. The van der Waals surface area contributed by atoms with E-state index in [1.807, 2.05) is 39.8 Å². The van der Waals surface area contributed by atoms with Crippen molar-refractivity contribution < 1.29 is 8.42 Å². The summed E-state index contributed by atoms with van der Waals surface area (Å²) < 4.78 is 29.5. The van der Waals surface area contributed by atoms with Crippen LogP contribution in [-0.2, 0) is 22.5 Å². The predicted molar refractivity (Wildman–Crippen MR) is 83.9 cm³/mol. The molecule has 0 saturated heterocycles. The Hall–Kier alpha value is -1.82. The fourth-order valence-electron chi connectivity index (χ4n) is 2.07. The van der Waals surface area contributed by atoms with Crippen molar-refractivity contribution in [2.24, 2.45) is 7.05 Å². The first-order valence-corrected chi connectivity index (χ1v) is 8.22. The van der Waals surface area contributed by atoms with Crippen LogP contribution in [0.5, 0.6) is 0 Å². The van der Waals surface area contributed by atoms with E-state index in [1.54, 1.807) is 25.4 Å². The lowest BCUT2D eigenvalue weighted by Gasteiger charge is -2.18. The molecule has 0 amide bonds. The molecule has 0 saturated carbocycles. The Morgan fingerprint density at radius 2 is 1.81 bits per heavy atom. The molecule has 5 nitrogen and oxygen atoms in total. The Balaban J connectivity index is 2.49. The average molecular weight is 307 g/mol. The summed E-state index contributed by atoms with van der Waals surface area (Å²) in [5, 5.41) is 4.31. The number of aryl methyl sites for hydroxylation is 2. The Morgan fingerprint density at radius 3 is 2.38 bits per heavy atom. The van der Waals surface area contributed by atoms with Crippen molar-refractivity contribution in [2.45, 2.75) is 38.0 Å². The lowest BCUT2D eigenvalue weighted by atomic mass is 9.92. The molecule has 1 heterocycles. The Labute approximate surface area is 126 Å². The quantitative estimate of drug-likeness (QED) is 0.948. The Morgan fingerprint density at radius 1 is 1.19 bits per heavy atom. The Bertz CT molecular complexity index is 755. The molecule has 0 spiro atoms. The number of nitrogens with zero attached hydrogens (tertiary/aromatic N) is 2. The van der Waals surface area contributed by atoms with Crippen LogP contribution in [0.2, 0.25) is 0 Å². The molecule has 0 aliphatic carbocycles. The van der Waals surface area contributed by atoms with Gasteiger partial charge in [0.1, 0.15) is 4.90 Å². The number of hydrogen-bond donors (Lipinski definition) is 1. The van der Waals surface area contributed by atoms with E-state index in [0.717, 1.165) is 5.56 Å². The smallest absolute Gasteiger partial charge is 0.265 e. The third kappa shape index (κ3) is 3.26. The van der Waals surface area contributed by atoms with Crippen LogP contribution in [0.25, 0.3) is 0 Å². The summed E-state index contributed by atoms with van der Waals surface area (Å²) in [5.74, 6) is 0. The van der Waals surface area contributed by atoms with Gasteiger partial charge >= 0.3 is 0 Å². The monoisotopic (exact) mass is 307 g/mol. The van der Waals surface area contributed by atoms with E-state index in [4.69, 9.17) is 0 Å². The first-order chi connectivity index (χ1) is 9.61. The number of anilines is 1. The molecule has 2 rings (SSSR count). The summed E-state index contributed by atoms with van der Waals surface area (Å²) in [5.41, 5.74) is 1.67. The van der Waals surface area contributed by atoms with Crippen molar-refractivity contribution in [1.82, 2.24) is 9.78 Å². The second-order valence-electron chi connectivity index (χ2n) is 6.19. The minimum absolute atomic E-state index is 0.223. The fraction of sp³-hybridized carbons (Fsp3) is 0.400. The summed E-state index contributed by atoms with van der Waals surface area (Å²) >= 11 is 0. The normalized spacial score (nSPS) is 12.4. The van der Waals surface area contributed by atoms with E-state index in [-0.39, 0.29) is 10.3 Å². The van der Waals surface area contributed by atoms with Crippen LogP contribution < -0.4 is 4.72 Å². The van der Waals surface area contributed by atoms with Crippen LogP contribution >= 0.6 is 0 Å². The van der Waals surface area contributed by atoms with Gasteiger partial charge in [-0.1, -0.05) is 39.0 Å². The highest BCUT2D eigenvalue weighted by Gasteiger charge is 2.29. The minimum atomic E-state index is -3.66. The maximum atomic E-state index is 12.7. The summed E-state index contributed by atoms with van der Waals surface area (Å²) in [6.07, 6.45) is 1.54. The van der Waals surface area contributed by atoms with Gasteiger partial charge in [0.15, 0.2) is 0 Å². The van der Waals surface area contributed by atoms with E-state index in [9.17, 15) is 8.42 Å². The van der Waals surface area contributed by atoms with E-state index < -0.39 is 10.0 Å². The molecular formula is C15H21N3O2S. The molecule has 0 radical (unpaired) electrons. The molecule has 0 aliphatic heterocycles. The van der Waals surface area contributed by atoms with Crippen LogP contribution in [0.1, 0.15) is 32.0 Å². The highest BCUT2D eigenvalue weighted by Crippen LogP contribution is 2.29. The van der Waals surface area contributed by atoms with Crippen molar-refractivity contribution in [2.75, 3.05) is 4.72 Å². The second-order valence-corrected chi connectivity index (χ2v) is 7.84. The van der Waals surface area contributed by atoms with Gasteiger partial charge in [-0.05, 0) is 18.6 Å². The maximum absolute atomic E-state index is 12.7. The van der Waals surface area contributed by atoms with Gasteiger partial charge in [-0.2, -0.15) is 5.10 Å². The van der Waals surface area contributed by atoms with E-state index in [0.29, 0.717) is 11.4 Å². The summed E-state index contributed by atoms with van der Waals surface area (Å²) in [7, 11) is -1.94. The fourth-order valence-corrected chi connectivity index (χ4v) is 3.59. The molecule has 0 unspecified atom stereocenters. The maximum Gasteiger partial charge on any atom is 0.265 e. The predicted octanol–water partition coefficient (Wildman–Crippen LogP) is 2.83. The SMILES string of the molecule is Cc1ccccc1NS(=O)(=O)c1cn(C)nc1C(C)(C)C. The zero-order valence-electron chi connectivity index (χ0n) is 13.0. The molecule has 0 atom stereocenters. The largest absolute Gasteiger partial charge is 0.279 e. The summed E-state index contributed by atoms with van der Waals surface area (Å²) in [6, 6.07) is 7.29. The topological polar surface area (TPSA) is 64.0 Å². The summed E-state index contributed by atoms with van der Waals surface area (Å²) in [6.45, 7) is 7.71. The first-order valence-electron chi connectivity index (χ1n) is 6.74. The lowest BCUT2D eigenvalue weighted by Crippen LogP contribution is -2.20. The van der Waals surface area contributed by atoms with Crippen LogP contribution in [0.4, 0.5) is 5.69 Å². The van der Waals surface area contributed by atoms with Crippen LogP contribution in [0.3, 0.4) is 0 Å². The van der Waals surface area contributed by atoms with Gasteiger partial charge < -0.3 is 0 Å². The van der Waals surface area contributed by atoms with Crippen molar-refractivity contribution in [1.29, 1.82) is 0 Å². The first kappa shape index (κ1) is 15.6. The third-order valence-corrected chi connectivity index (χ3v) is 4.55. The van der Waals surface area contributed by atoms with Gasteiger partial charge in [-0.15, -0.1) is 0 Å². The number of aromatic nitrogens is 2. The van der Waals surface area contributed by atoms with Crippen LogP contribution in [-0.4, -0.2) is 18.2 Å². The molecule has 21 heavy (non-hydrogen) atoms. The van der Waals surface area contributed by atoms with Crippen molar-refractivity contribution in [3.8, 4) is 0 Å². The van der Waals surface area contributed by atoms with Gasteiger partial charge in [0.25, 0.3) is 10.0 Å². The highest BCUT2D eigenvalue weighted by atomic mass is 32.2. The van der Waals surface area contributed by atoms with Crippen LogP contribution in [0.15, 0.2) is 35.4 Å². The molecule has 1 aromatic heterocycles. The van der Waals surface area contributed by atoms with Gasteiger partial charge in [0.2, 0.25) is 0 Å². The Kier molecular flexibility index (Phi) is 3.84. The van der Waals surface area contributed by atoms with E-state index in [1.165, 1.54) is 4.68 Å². The molecule has 1 aromatic carbocycles. The average Bonchev–Trinajstić information content (AvgIpc) is 2.75. The molecule has 114 valence electrons. The number of nitrogens with one attached hydrogen (secondary N) is 1.